The fraction of sp³-hybridized carbons (Fsp3) is 0.207. The predicted molar refractivity (Wildman–Crippen MR) is 129 cm³/mol. The van der Waals surface area contributed by atoms with E-state index in [1.165, 1.54) is 0 Å². The molecule has 1 saturated heterocycles. The van der Waals surface area contributed by atoms with Crippen molar-refractivity contribution < 1.29 is 18.7 Å². The molecular formula is C29H27NO4. The van der Waals surface area contributed by atoms with E-state index < -0.39 is 18.4 Å². The molecule has 0 amide bonds. The van der Waals surface area contributed by atoms with Crippen molar-refractivity contribution in [2.45, 2.75) is 31.3 Å². The minimum atomic E-state index is -0.707. The summed E-state index contributed by atoms with van der Waals surface area (Å²) in [5.74, 6) is 0.264. The summed E-state index contributed by atoms with van der Waals surface area (Å²) in [7, 11) is 0. The van der Waals surface area contributed by atoms with Gasteiger partial charge in [0.05, 0.1) is 18.9 Å². The van der Waals surface area contributed by atoms with Crippen LogP contribution >= 0.6 is 0 Å². The largest absolute Gasteiger partial charge is 0.467 e. The first-order valence-corrected chi connectivity index (χ1v) is 11.6. The molecule has 2 heterocycles. The standard InChI is InChI=1S/C29H27NO4/c1-2-32-29(31)26-27(24-19-12-20-33-24)34-28(23-17-10-5-11-18-23)30(26)25(21-13-6-3-7-14-21)22-15-8-4-9-16-22/h3-20,25-28H,2H2,1H3. The van der Waals surface area contributed by atoms with Gasteiger partial charge in [-0.15, -0.1) is 0 Å². The van der Waals surface area contributed by atoms with Crippen molar-refractivity contribution in [3.8, 4) is 0 Å². The van der Waals surface area contributed by atoms with Crippen molar-refractivity contribution in [3.63, 3.8) is 0 Å². The summed E-state index contributed by atoms with van der Waals surface area (Å²) in [5, 5.41) is 0. The molecular weight excluding hydrogens is 426 g/mol. The normalized spacial score (nSPS) is 20.5. The Bertz CT molecular complexity index is 1140. The van der Waals surface area contributed by atoms with E-state index in [0.717, 1.165) is 16.7 Å². The lowest BCUT2D eigenvalue weighted by Crippen LogP contribution is -2.43. The van der Waals surface area contributed by atoms with Crippen LogP contribution in [0.3, 0.4) is 0 Å². The first-order valence-electron chi connectivity index (χ1n) is 11.6. The van der Waals surface area contributed by atoms with Gasteiger partial charge in [0.2, 0.25) is 0 Å². The minimum Gasteiger partial charge on any atom is -0.467 e. The topological polar surface area (TPSA) is 51.9 Å². The molecule has 0 radical (unpaired) electrons. The third-order valence-corrected chi connectivity index (χ3v) is 6.12. The van der Waals surface area contributed by atoms with Gasteiger partial charge in [-0.1, -0.05) is 91.0 Å². The average Bonchev–Trinajstić information content (AvgIpc) is 3.55. The van der Waals surface area contributed by atoms with Gasteiger partial charge in [0.15, 0.2) is 0 Å². The highest BCUT2D eigenvalue weighted by Crippen LogP contribution is 2.49. The fourth-order valence-corrected chi connectivity index (χ4v) is 4.71. The van der Waals surface area contributed by atoms with Gasteiger partial charge in [0, 0.05) is 0 Å². The van der Waals surface area contributed by atoms with Crippen molar-refractivity contribution in [1.29, 1.82) is 0 Å². The summed E-state index contributed by atoms with van der Waals surface area (Å²) in [6.07, 6.45) is 0.498. The molecule has 1 aliphatic heterocycles. The second-order valence-corrected chi connectivity index (χ2v) is 8.20. The van der Waals surface area contributed by atoms with Gasteiger partial charge in [-0.05, 0) is 35.7 Å². The summed E-state index contributed by atoms with van der Waals surface area (Å²) in [5.41, 5.74) is 3.09. The van der Waals surface area contributed by atoms with Crippen LogP contribution in [0.2, 0.25) is 0 Å². The molecule has 3 aromatic carbocycles. The van der Waals surface area contributed by atoms with E-state index in [1.807, 2.05) is 85.8 Å². The molecule has 34 heavy (non-hydrogen) atoms. The Balaban J connectivity index is 1.71. The summed E-state index contributed by atoms with van der Waals surface area (Å²) in [6.45, 7) is 2.10. The third-order valence-electron chi connectivity index (χ3n) is 6.12. The van der Waals surface area contributed by atoms with Gasteiger partial charge in [0.1, 0.15) is 24.1 Å². The zero-order chi connectivity index (χ0) is 23.3. The highest BCUT2D eigenvalue weighted by atomic mass is 16.6. The molecule has 1 fully saturated rings. The molecule has 3 atom stereocenters. The molecule has 3 unspecified atom stereocenters. The van der Waals surface area contributed by atoms with Crippen LogP contribution in [-0.4, -0.2) is 23.5 Å². The number of carbonyl (C=O) groups is 1. The zero-order valence-corrected chi connectivity index (χ0v) is 19.0. The summed E-state index contributed by atoms with van der Waals surface area (Å²) in [6, 6.07) is 33.1. The van der Waals surface area contributed by atoms with Crippen molar-refractivity contribution >= 4 is 5.97 Å². The Morgan fingerprint density at radius 2 is 1.44 bits per heavy atom. The van der Waals surface area contributed by atoms with Crippen LogP contribution in [0, 0.1) is 0 Å². The Labute approximate surface area is 199 Å². The van der Waals surface area contributed by atoms with E-state index in [0.29, 0.717) is 5.76 Å². The van der Waals surface area contributed by atoms with Crippen molar-refractivity contribution in [1.82, 2.24) is 4.90 Å². The summed E-state index contributed by atoms with van der Waals surface area (Å²) >= 11 is 0. The van der Waals surface area contributed by atoms with Crippen LogP contribution in [0.4, 0.5) is 0 Å². The molecule has 0 bridgehead atoms. The van der Waals surface area contributed by atoms with Crippen molar-refractivity contribution in [2.24, 2.45) is 0 Å². The van der Waals surface area contributed by atoms with Crippen LogP contribution in [-0.2, 0) is 14.3 Å². The lowest BCUT2D eigenvalue weighted by molar-refractivity contribution is -0.150. The molecule has 1 aromatic heterocycles. The lowest BCUT2D eigenvalue weighted by Gasteiger charge is -2.36. The maximum atomic E-state index is 13.5. The average molecular weight is 454 g/mol. The predicted octanol–water partition coefficient (Wildman–Crippen LogP) is 6.07. The second-order valence-electron chi connectivity index (χ2n) is 8.20. The van der Waals surface area contributed by atoms with Crippen molar-refractivity contribution in [2.75, 3.05) is 6.61 Å². The first kappa shape index (κ1) is 22.1. The number of carbonyl (C=O) groups excluding carboxylic acids is 1. The van der Waals surface area contributed by atoms with Crippen LogP contribution < -0.4 is 0 Å². The molecule has 4 aromatic rings. The van der Waals surface area contributed by atoms with Crippen LogP contribution in [0.25, 0.3) is 0 Å². The summed E-state index contributed by atoms with van der Waals surface area (Å²) in [4.78, 5) is 15.6. The third kappa shape index (κ3) is 4.28. The number of hydrogen-bond donors (Lipinski definition) is 0. The van der Waals surface area contributed by atoms with E-state index in [4.69, 9.17) is 13.9 Å². The Morgan fingerprint density at radius 1 is 0.853 bits per heavy atom. The number of nitrogens with zero attached hydrogens (tertiary/aromatic N) is 1. The zero-order valence-electron chi connectivity index (χ0n) is 19.0. The number of furan rings is 1. The summed E-state index contributed by atoms with van der Waals surface area (Å²) < 4.78 is 18.0. The number of rotatable bonds is 7. The number of hydrogen-bond acceptors (Lipinski definition) is 5. The maximum Gasteiger partial charge on any atom is 0.326 e. The Hall–Kier alpha value is -3.67. The smallest absolute Gasteiger partial charge is 0.326 e. The van der Waals surface area contributed by atoms with E-state index in [1.54, 1.807) is 6.26 Å². The van der Waals surface area contributed by atoms with Gasteiger partial charge in [-0.3, -0.25) is 4.79 Å². The molecule has 0 aliphatic carbocycles. The Morgan fingerprint density at radius 3 is 1.97 bits per heavy atom. The molecule has 172 valence electrons. The molecule has 0 spiro atoms. The van der Waals surface area contributed by atoms with E-state index in [2.05, 4.69) is 29.2 Å². The van der Waals surface area contributed by atoms with Crippen LogP contribution in [0.15, 0.2) is 114 Å². The van der Waals surface area contributed by atoms with Gasteiger partial charge >= 0.3 is 5.97 Å². The van der Waals surface area contributed by atoms with Gasteiger partial charge in [0.25, 0.3) is 0 Å². The lowest BCUT2D eigenvalue weighted by atomic mass is 9.94. The number of benzene rings is 3. The second kappa shape index (κ2) is 10.1. The van der Waals surface area contributed by atoms with E-state index in [9.17, 15) is 4.79 Å². The van der Waals surface area contributed by atoms with Crippen LogP contribution in [0.5, 0.6) is 0 Å². The van der Waals surface area contributed by atoms with E-state index in [-0.39, 0.29) is 18.6 Å². The van der Waals surface area contributed by atoms with Crippen LogP contribution in [0.1, 0.15) is 47.7 Å². The molecule has 5 nitrogen and oxygen atoms in total. The number of esters is 1. The molecule has 1 aliphatic rings. The Kier molecular flexibility index (Phi) is 6.56. The minimum absolute atomic E-state index is 0.248. The van der Waals surface area contributed by atoms with E-state index >= 15 is 0 Å². The maximum absolute atomic E-state index is 13.5. The quantitative estimate of drug-likeness (QED) is 0.318. The SMILES string of the molecule is CCOC(=O)C1C(c2ccco2)OC(c2ccccc2)N1C(c1ccccc1)c1ccccc1. The first-order chi connectivity index (χ1) is 16.8. The fourth-order valence-electron chi connectivity index (χ4n) is 4.71. The van der Waals surface area contributed by atoms with Gasteiger partial charge in [-0.25, -0.2) is 4.90 Å². The van der Waals surface area contributed by atoms with Gasteiger partial charge in [-0.2, -0.15) is 0 Å². The monoisotopic (exact) mass is 453 g/mol. The molecule has 5 rings (SSSR count). The van der Waals surface area contributed by atoms with Gasteiger partial charge < -0.3 is 13.9 Å². The molecule has 0 saturated carbocycles. The highest BCUT2D eigenvalue weighted by Gasteiger charge is 2.52. The highest BCUT2D eigenvalue weighted by molar-refractivity contribution is 5.77. The molecule has 5 heteroatoms. The number of ether oxygens (including phenoxy) is 2. The van der Waals surface area contributed by atoms with Crippen molar-refractivity contribution in [3.05, 3.63) is 132 Å². The molecule has 0 N–H and O–H groups in total.